The van der Waals surface area contributed by atoms with Crippen LogP contribution in [0.1, 0.15) is 48.1 Å². The Hall–Kier alpha value is -2.29. The molecule has 7 nitrogen and oxygen atoms in total. The van der Waals surface area contributed by atoms with Gasteiger partial charge in [0.25, 0.3) is 5.91 Å². The molecule has 0 spiro atoms. The van der Waals surface area contributed by atoms with Crippen LogP contribution < -0.4 is 14.8 Å². The number of sulfonamides is 1. The monoisotopic (exact) mass is 466 g/mol. The molecule has 31 heavy (non-hydrogen) atoms. The summed E-state index contributed by atoms with van der Waals surface area (Å²) in [5.41, 5.74) is 0.922. The van der Waals surface area contributed by atoms with E-state index in [-0.39, 0.29) is 21.5 Å². The maximum Gasteiger partial charge on any atom is 0.253 e. The van der Waals surface area contributed by atoms with Crippen LogP contribution in [0.15, 0.2) is 41.3 Å². The normalized spacial score (nSPS) is 15.9. The van der Waals surface area contributed by atoms with Crippen molar-refractivity contribution in [3.8, 4) is 11.5 Å². The van der Waals surface area contributed by atoms with Gasteiger partial charge >= 0.3 is 0 Å². The van der Waals surface area contributed by atoms with Crippen LogP contribution in [-0.4, -0.2) is 45.9 Å². The highest BCUT2D eigenvalue weighted by Crippen LogP contribution is 2.30. The van der Waals surface area contributed by atoms with Crippen molar-refractivity contribution in [2.45, 2.75) is 37.1 Å². The van der Waals surface area contributed by atoms with E-state index in [2.05, 4.69) is 5.32 Å². The minimum absolute atomic E-state index is 0.0720. The molecule has 0 aromatic heterocycles. The molecular weight excluding hydrogens is 440 g/mol. The molecule has 2 aromatic carbocycles. The van der Waals surface area contributed by atoms with E-state index in [1.54, 1.807) is 26.4 Å². The van der Waals surface area contributed by atoms with Gasteiger partial charge in [-0.05, 0) is 55.7 Å². The first-order valence-corrected chi connectivity index (χ1v) is 11.9. The maximum atomic E-state index is 13.0. The smallest absolute Gasteiger partial charge is 0.253 e. The Labute approximate surface area is 188 Å². The Bertz CT molecular complexity index is 1050. The molecule has 9 heteroatoms. The Morgan fingerprint density at radius 1 is 1.03 bits per heavy atom. The van der Waals surface area contributed by atoms with Gasteiger partial charge in [-0.3, -0.25) is 4.79 Å². The van der Waals surface area contributed by atoms with Gasteiger partial charge in [0.15, 0.2) is 11.5 Å². The van der Waals surface area contributed by atoms with E-state index in [1.807, 2.05) is 13.0 Å². The molecule has 1 saturated heterocycles. The molecular formula is C22H27ClN2O5S. The van der Waals surface area contributed by atoms with E-state index in [1.165, 1.54) is 22.5 Å². The number of benzene rings is 2. The molecule has 0 aliphatic carbocycles. The summed E-state index contributed by atoms with van der Waals surface area (Å²) in [6.07, 6.45) is 2.69. The Morgan fingerprint density at radius 2 is 1.71 bits per heavy atom. The largest absolute Gasteiger partial charge is 0.493 e. The third-order valence-electron chi connectivity index (χ3n) is 5.39. The lowest BCUT2D eigenvalue weighted by Gasteiger charge is -2.26. The molecule has 3 rings (SSSR count). The lowest BCUT2D eigenvalue weighted by Crippen LogP contribution is -2.35. The summed E-state index contributed by atoms with van der Waals surface area (Å²) >= 11 is 6.24. The first-order valence-electron chi connectivity index (χ1n) is 10.1. The van der Waals surface area contributed by atoms with Crippen LogP contribution in [0.2, 0.25) is 5.02 Å². The second-order valence-corrected chi connectivity index (χ2v) is 9.76. The number of ether oxygens (including phenoxy) is 2. The van der Waals surface area contributed by atoms with Gasteiger partial charge in [0.1, 0.15) is 0 Å². The average Bonchev–Trinajstić information content (AvgIpc) is 2.79. The van der Waals surface area contributed by atoms with E-state index < -0.39 is 15.9 Å². The number of hydrogen-bond acceptors (Lipinski definition) is 5. The van der Waals surface area contributed by atoms with Gasteiger partial charge in [-0.2, -0.15) is 4.31 Å². The van der Waals surface area contributed by atoms with E-state index >= 15 is 0 Å². The first kappa shape index (κ1) is 23.4. The van der Waals surface area contributed by atoms with Crippen molar-refractivity contribution in [1.82, 2.24) is 9.62 Å². The number of piperidine rings is 1. The van der Waals surface area contributed by atoms with Gasteiger partial charge in [-0.25, -0.2) is 8.42 Å². The summed E-state index contributed by atoms with van der Waals surface area (Å²) in [7, 11) is -0.576. The van der Waals surface area contributed by atoms with E-state index in [9.17, 15) is 13.2 Å². The molecule has 0 unspecified atom stereocenters. The van der Waals surface area contributed by atoms with Crippen LogP contribution in [0, 0.1) is 0 Å². The Balaban J connectivity index is 1.82. The van der Waals surface area contributed by atoms with Crippen molar-refractivity contribution in [2.24, 2.45) is 0 Å². The number of carbonyl (C=O) groups is 1. The maximum absolute atomic E-state index is 13.0. The molecule has 1 aliphatic rings. The predicted octanol–water partition coefficient (Wildman–Crippen LogP) is 4.02. The molecule has 1 heterocycles. The highest BCUT2D eigenvalue weighted by atomic mass is 35.5. The topological polar surface area (TPSA) is 84.9 Å². The van der Waals surface area contributed by atoms with Crippen LogP contribution >= 0.6 is 11.6 Å². The summed E-state index contributed by atoms with van der Waals surface area (Å²) in [6.45, 7) is 2.80. The van der Waals surface area contributed by atoms with Crippen LogP contribution in [0.4, 0.5) is 0 Å². The second-order valence-electron chi connectivity index (χ2n) is 7.42. The lowest BCUT2D eigenvalue weighted by atomic mass is 10.1. The quantitative estimate of drug-likeness (QED) is 0.666. The third-order valence-corrected chi connectivity index (χ3v) is 7.61. The fourth-order valence-electron chi connectivity index (χ4n) is 3.57. The zero-order valence-electron chi connectivity index (χ0n) is 17.9. The van der Waals surface area contributed by atoms with Crippen LogP contribution in [0.3, 0.4) is 0 Å². The van der Waals surface area contributed by atoms with Gasteiger partial charge in [-0.1, -0.05) is 24.1 Å². The predicted molar refractivity (Wildman–Crippen MR) is 119 cm³/mol. The number of carbonyl (C=O) groups excluding carboxylic acids is 1. The number of methoxy groups -OCH3 is 2. The number of hydrogen-bond donors (Lipinski definition) is 1. The van der Waals surface area contributed by atoms with Crippen molar-refractivity contribution in [3.63, 3.8) is 0 Å². The summed E-state index contributed by atoms with van der Waals surface area (Å²) in [6, 6.07) is 9.24. The second kappa shape index (κ2) is 9.89. The van der Waals surface area contributed by atoms with Gasteiger partial charge in [0, 0.05) is 13.1 Å². The SMILES string of the molecule is COc1ccc([C@H](C)NC(=O)c2cc(S(=O)(=O)N3CCCCC3)ccc2Cl)cc1OC. The van der Waals surface area contributed by atoms with Gasteiger partial charge in [0.2, 0.25) is 10.0 Å². The molecule has 2 aromatic rings. The third kappa shape index (κ3) is 5.14. The van der Waals surface area contributed by atoms with E-state index in [0.29, 0.717) is 24.6 Å². The molecule has 168 valence electrons. The lowest BCUT2D eigenvalue weighted by molar-refractivity contribution is 0.0939. The van der Waals surface area contributed by atoms with Crippen molar-refractivity contribution < 1.29 is 22.7 Å². The Morgan fingerprint density at radius 3 is 2.35 bits per heavy atom. The summed E-state index contributed by atoms with van der Waals surface area (Å²) in [4.78, 5) is 13.0. The van der Waals surface area contributed by atoms with Crippen molar-refractivity contribution in [3.05, 3.63) is 52.5 Å². The van der Waals surface area contributed by atoms with E-state index in [4.69, 9.17) is 21.1 Å². The fraction of sp³-hybridized carbons (Fsp3) is 0.409. The van der Waals surface area contributed by atoms with Crippen LogP contribution in [-0.2, 0) is 10.0 Å². The summed E-state index contributed by atoms with van der Waals surface area (Å²) in [5, 5.41) is 3.06. The van der Waals surface area contributed by atoms with Crippen LogP contribution in [0.5, 0.6) is 11.5 Å². The fourth-order valence-corrected chi connectivity index (χ4v) is 5.32. The zero-order valence-corrected chi connectivity index (χ0v) is 19.4. The van der Waals surface area contributed by atoms with E-state index in [0.717, 1.165) is 24.8 Å². The van der Waals surface area contributed by atoms with Crippen molar-refractivity contribution in [2.75, 3.05) is 27.3 Å². The number of nitrogens with zero attached hydrogens (tertiary/aromatic N) is 1. The van der Waals surface area contributed by atoms with Crippen molar-refractivity contribution in [1.29, 1.82) is 0 Å². The minimum atomic E-state index is -3.67. The number of nitrogens with one attached hydrogen (secondary N) is 1. The molecule has 0 radical (unpaired) electrons. The first-order chi connectivity index (χ1) is 14.8. The standard InChI is InChI=1S/C22H27ClN2O5S/c1-15(16-7-10-20(29-2)21(13-16)30-3)24-22(26)18-14-17(8-9-19(18)23)31(27,28)25-11-5-4-6-12-25/h7-10,13-15H,4-6,11-12H2,1-3H3,(H,24,26)/t15-/m0/s1. The summed E-state index contributed by atoms with van der Waals surface area (Å²) in [5.74, 6) is 0.681. The molecule has 0 bridgehead atoms. The molecule has 1 aliphatic heterocycles. The van der Waals surface area contributed by atoms with Crippen molar-refractivity contribution >= 4 is 27.5 Å². The number of amides is 1. The molecule has 1 amide bonds. The molecule has 1 N–H and O–H groups in total. The van der Waals surface area contributed by atoms with Gasteiger partial charge < -0.3 is 14.8 Å². The average molecular weight is 467 g/mol. The highest BCUT2D eigenvalue weighted by molar-refractivity contribution is 7.89. The molecule has 1 fully saturated rings. The minimum Gasteiger partial charge on any atom is -0.493 e. The Kier molecular flexibility index (Phi) is 7.46. The highest BCUT2D eigenvalue weighted by Gasteiger charge is 2.27. The van der Waals surface area contributed by atoms with Gasteiger partial charge in [-0.15, -0.1) is 0 Å². The van der Waals surface area contributed by atoms with Gasteiger partial charge in [0.05, 0.1) is 35.7 Å². The number of rotatable bonds is 7. The summed E-state index contributed by atoms with van der Waals surface area (Å²) < 4.78 is 38.0. The molecule has 1 atom stereocenters. The number of halogens is 1. The van der Waals surface area contributed by atoms with Crippen LogP contribution in [0.25, 0.3) is 0 Å². The molecule has 0 saturated carbocycles. The zero-order chi connectivity index (χ0) is 22.6.